The van der Waals surface area contributed by atoms with Gasteiger partial charge in [-0.15, -0.1) is 0 Å². The first kappa shape index (κ1) is 11.4. The summed E-state index contributed by atoms with van der Waals surface area (Å²) in [5.41, 5.74) is 0. The predicted molar refractivity (Wildman–Crippen MR) is 53.3 cm³/mol. The maximum Gasteiger partial charge on any atom is 0.153 e. The third-order valence-corrected chi connectivity index (χ3v) is 1.48. The molecule has 0 saturated heterocycles. The van der Waals surface area contributed by atoms with Gasteiger partial charge >= 0.3 is 0 Å². The van der Waals surface area contributed by atoms with E-state index in [9.17, 15) is 0 Å². The summed E-state index contributed by atoms with van der Waals surface area (Å²) in [5.74, 6) is 7.34. The summed E-state index contributed by atoms with van der Waals surface area (Å²) in [6.45, 7) is 8.30. The van der Waals surface area contributed by atoms with Gasteiger partial charge in [0.05, 0.1) is 0 Å². The molecule has 0 atom stereocenters. The minimum absolute atomic E-state index is 0.372. The van der Waals surface area contributed by atoms with Crippen LogP contribution in [0.3, 0.4) is 0 Å². The first-order valence-electron chi connectivity index (χ1n) is 4.27. The highest BCUT2D eigenvalue weighted by Crippen LogP contribution is 2.01. The molecule has 0 heterocycles. The van der Waals surface area contributed by atoms with Gasteiger partial charge in [-0.1, -0.05) is 0 Å². The third kappa shape index (κ3) is 4.78. The molecule has 0 unspecified atom stereocenters. The van der Waals surface area contributed by atoms with E-state index in [1.54, 1.807) is 6.07 Å². The van der Waals surface area contributed by atoms with Crippen molar-refractivity contribution < 1.29 is 0 Å². The van der Waals surface area contributed by atoms with Crippen LogP contribution in [0.4, 0.5) is 0 Å². The normalized spacial score (nSPS) is 8.08. The first-order chi connectivity index (χ1) is 6.09. The first-order valence-corrected chi connectivity index (χ1v) is 4.27. The standard InChI is InChI=1S/C11H14N2/c1-10(2)13(11(3)4)9-7-5-6-8-12/h10-11H,1-4H3. The van der Waals surface area contributed by atoms with Gasteiger partial charge in [-0.2, -0.15) is 5.26 Å². The molecule has 68 valence electrons. The highest BCUT2D eigenvalue weighted by Gasteiger charge is 2.07. The molecule has 2 nitrogen and oxygen atoms in total. The van der Waals surface area contributed by atoms with Crippen LogP contribution in [0.25, 0.3) is 0 Å². The van der Waals surface area contributed by atoms with E-state index in [4.69, 9.17) is 5.26 Å². The zero-order valence-corrected chi connectivity index (χ0v) is 8.55. The van der Waals surface area contributed by atoms with Crippen LogP contribution in [0, 0.1) is 35.1 Å². The maximum atomic E-state index is 8.14. The predicted octanol–water partition coefficient (Wildman–Crippen LogP) is 1.59. The molecule has 0 aromatic heterocycles. The monoisotopic (exact) mass is 174 g/mol. The van der Waals surface area contributed by atoms with Gasteiger partial charge in [0.15, 0.2) is 6.07 Å². The summed E-state index contributed by atoms with van der Waals surface area (Å²) in [6, 6.07) is 5.37. The highest BCUT2D eigenvalue weighted by molar-refractivity contribution is 5.31. The molecule has 0 aliphatic rings. The van der Waals surface area contributed by atoms with Gasteiger partial charge < -0.3 is 4.90 Å². The van der Waals surface area contributed by atoms with Gasteiger partial charge in [-0.25, -0.2) is 0 Å². The zero-order chi connectivity index (χ0) is 10.3. The second-order valence-corrected chi connectivity index (χ2v) is 3.19. The molecule has 13 heavy (non-hydrogen) atoms. The molecule has 0 radical (unpaired) electrons. The Labute approximate surface area is 80.5 Å². The highest BCUT2D eigenvalue weighted by atomic mass is 15.1. The molecular formula is C11H14N2. The van der Waals surface area contributed by atoms with E-state index in [1.807, 2.05) is 4.90 Å². The molecule has 0 aliphatic carbocycles. The molecule has 0 spiro atoms. The quantitative estimate of drug-likeness (QED) is 0.469. The molecule has 0 saturated carbocycles. The van der Waals surface area contributed by atoms with Gasteiger partial charge in [0, 0.05) is 35.9 Å². The minimum atomic E-state index is 0.372. The second-order valence-electron chi connectivity index (χ2n) is 3.19. The van der Waals surface area contributed by atoms with Gasteiger partial charge in [-0.05, 0) is 27.7 Å². The summed E-state index contributed by atoms with van der Waals surface area (Å²) in [5, 5.41) is 8.14. The topological polar surface area (TPSA) is 27.0 Å². The summed E-state index contributed by atoms with van der Waals surface area (Å²) in [4.78, 5) is 2.01. The van der Waals surface area contributed by atoms with Crippen molar-refractivity contribution >= 4 is 0 Å². The van der Waals surface area contributed by atoms with Crippen molar-refractivity contribution in [2.45, 2.75) is 39.8 Å². The molecule has 0 amide bonds. The Kier molecular flexibility index (Phi) is 5.25. The lowest BCUT2D eigenvalue weighted by Crippen LogP contribution is -2.32. The summed E-state index contributed by atoms with van der Waals surface area (Å²) >= 11 is 0. The van der Waals surface area contributed by atoms with Crippen molar-refractivity contribution in [1.82, 2.24) is 4.90 Å². The lowest BCUT2D eigenvalue weighted by molar-refractivity contribution is 0.274. The van der Waals surface area contributed by atoms with Gasteiger partial charge in [0.1, 0.15) is 0 Å². The number of rotatable bonds is 2. The Morgan fingerprint density at radius 1 is 0.923 bits per heavy atom. The number of nitriles is 1. The maximum absolute atomic E-state index is 8.14. The molecular weight excluding hydrogens is 160 g/mol. The van der Waals surface area contributed by atoms with Crippen LogP contribution in [0.1, 0.15) is 27.7 Å². The van der Waals surface area contributed by atoms with E-state index < -0.39 is 0 Å². The molecule has 0 aliphatic heterocycles. The lowest BCUT2D eigenvalue weighted by Gasteiger charge is -2.25. The van der Waals surface area contributed by atoms with E-state index in [0.29, 0.717) is 12.1 Å². The van der Waals surface area contributed by atoms with Gasteiger partial charge in [-0.3, -0.25) is 0 Å². The zero-order valence-electron chi connectivity index (χ0n) is 8.55. The molecule has 0 fully saturated rings. The average Bonchev–Trinajstić information content (AvgIpc) is 2.02. The molecule has 2 heteroatoms. The van der Waals surface area contributed by atoms with Crippen LogP contribution in [0.2, 0.25) is 0 Å². The van der Waals surface area contributed by atoms with E-state index >= 15 is 0 Å². The van der Waals surface area contributed by atoms with E-state index in [1.165, 1.54) is 0 Å². The Hall–Kier alpha value is -1.59. The molecule has 0 aromatic carbocycles. The van der Waals surface area contributed by atoms with E-state index in [2.05, 4.69) is 51.5 Å². The SMILES string of the molecule is CC(C)N(C#CC#CC#N)C(C)C. The molecule has 0 aromatic rings. The lowest BCUT2D eigenvalue weighted by atomic mass is 10.2. The Morgan fingerprint density at radius 2 is 1.46 bits per heavy atom. The van der Waals surface area contributed by atoms with E-state index in [-0.39, 0.29) is 0 Å². The molecule has 0 N–H and O–H groups in total. The fourth-order valence-electron chi connectivity index (χ4n) is 1.01. The van der Waals surface area contributed by atoms with Crippen molar-refractivity contribution in [2.75, 3.05) is 0 Å². The van der Waals surface area contributed by atoms with Crippen molar-refractivity contribution in [1.29, 1.82) is 5.26 Å². The fourth-order valence-corrected chi connectivity index (χ4v) is 1.01. The van der Waals surface area contributed by atoms with Crippen LogP contribution in [0.15, 0.2) is 0 Å². The molecule has 0 bridgehead atoms. The van der Waals surface area contributed by atoms with Crippen molar-refractivity contribution in [3.05, 3.63) is 0 Å². The second kappa shape index (κ2) is 5.99. The van der Waals surface area contributed by atoms with Crippen LogP contribution >= 0.6 is 0 Å². The van der Waals surface area contributed by atoms with Crippen molar-refractivity contribution in [3.8, 4) is 29.9 Å². The number of hydrogen-bond acceptors (Lipinski definition) is 2. The number of hydrogen-bond donors (Lipinski definition) is 0. The van der Waals surface area contributed by atoms with Crippen LogP contribution in [-0.4, -0.2) is 17.0 Å². The largest absolute Gasteiger partial charge is 0.327 e. The number of nitrogens with zero attached hydrogens (tertiary/aromatic N) is 2. The Morgan fingerprint density at radius 3 is 1.85 bits per heavy atom. The van der Waals surface area contributed by atoms with Crippen LogP contribution in [-0.2, 0) is 0 Å². The van der Waals surface area contributed by atoms with Crippen LogP contribution < -0.4 is 0 Å². The summed E-state index contributed by atoms with van der Waals surface area (Å²) < 4.78 is 0. The summed E-state index contributed by atoms with van der Waals surface area (Å²) in [7, 11) is 0. The van der Waals surface area contributed by atoms with Crippen LogP contribution in [0.5, 0.6) is 0 Å². The summed E-state index contributed by atoms with van der Waals surface area (Å²) in [6.07, 6.45) is 0. The van der Waals surface area contributed by atoms with E-state index in [0.717, 1.165) is 0 Å². The molecule has 0 rings (SSSR count). The van der Waals surface area contributed by atoms with Crippen molar-refractivity contribution in [2.24, 2.45) is 0 Å². The minimum Gasteiger partial charge on any atom is -0.327 e. The Balaban J connectivity index is 4.41. The van der Waals surface area contributed by atoms with Gasteiger partial charge in [0.2, 0.25) is 0 Å². The van der Waals surface area contributed by atoms with Gasteiger partial charge in [0.25, 0.3) is 0 Å². The third-order valence-electron chi connectivity index (χ3n) is 1.48. The fraction of sp³-hybridized carbons (Fsp3) is 0.545. The van der Waals surface area contributed by atoms with Crippen molar-refractivity contribution in [3.63, 3.8) is 0 Å². The Bertz CT molecular complexity index is 291. The average molecular weight is 174 g/mol. The smallest absolute Gasteiger partial charge is 0.153 e.